The molecule has 0 aliphatic heterocycles. The van der Waals surface area contributed by atoms with E-state index >= 15 is 0 Å². The molecule has 1 aromatic heterocycles. The van der Waals surface area contributed by atoms with Crippen molar-refractivity contribution in [2.24, 2.45) is 0 Å². The van der Waals surface area contributed by atoms with E-state index in [0.717, 1.165) is 18.6 Å². The molecule has 0 spiro atoms. The molecule has 0 aliphatic carbocycles. The van der Waals surface area contributed by atoms with Gasteiger partial charge in [-0.25, -0.2) is 4.98 Å². The van der Waals surface area contributed by atoms with E-state index in [1.54, 1.807) is 11.8 Å². The molecule has 0 aliphatic rings. The van der Waals surface area contributed by atoms with Gasteiger partial charge in [-0.1, -0.05) is 11.6 Å². The summed E-state index contributed by atoms with van der Waals surface area (Å²) in [5.41, 5.74) is 0.261. The van der Waals surface area contributed by atoms with Gasteiger partial charge in [0.2, 0.25) is 0 Å². The second kappa shape index (κ2) is 7.46. The summed E-state index contributed by atoms with van der Waals surface area (Å²) in [6.07, 6.45) is 6.95. The van der Waals surface area contributed by atoms with E-state index in [1.807, 2.05) is 0 Å². The number of nitrogens with zero attached hydrogens (tertiary/aromatic N) is 2. The average Bonchev–Trinajstić information content (AvgIpc) is 2.28. The first-order chi connectivity index (χ1) is 7.74. The number of amides is 1. The molecule has 0 radical (unpaired) electrons. The van der Waals surface area contributed by atoms with Gasteiger partial charge in [-0.3, -0.25) is 9.78 Å². The first kappa shape index (κ1) is 13.3. The Labute approximate surface area is 104 Å². The minimum atomic E-state index is -0.223. The van der Waals surface area contributed by atoms with Crippen molar-refractivity contribution in [1.29, 1.82) is 0 Å². The van der Waals surface area contributed by atoms with Crippen molar-refractivity contribution in [3.8, 4) is 0 Å². The first-order valence-electron chi connectivity index (χ1n) is 4.98. The third-order valence-corrected chi connectivity index (χ3v) is 2.78. The van der Waals surface area contributed by atoms with Crippen LogP contribution in [0.5, 0.6) is 0 Å². The Hall–Kier alpha value is -0.810. The highest BCUT2D eigenvalue weighted by atomic mass is 35.5. The normalized spacial score (nSPS) is 10.1. The number of hydrogen-bond donors (Lipinski definition) is 1. The van der Waals surface area contributed by atoms with Crippen LogP contribution in [0, 0.1) is 0 Å². The summed E-state index contributed by atoms with van der Waals surface area (Å²) in [4.78, 5) is 19.2. The fourth-order valence-electron chi connectivity index (χ4n) is 1.12. The molecule has 0 aromatic carbocycles. The van der Waals surface area contributed by atoms with Crippen LogP contribution >= 0.6 is 23.4 Å². The molecular weight excluding hydrogens is 246 g/mol. The number of nitrogens with one attached hydrogen (secondary N) is 1. The Morgan fingerprint density at radius 2 is 2.31 bits per heavy atom. The maximum absolute atomic E-state index is 11.6. The monoisotopic (exact) mass is 259 g/mol. The number of carbonyl (C=O) groups excluding carboxylic acids is 1. The maximum atomic E-state index is 11.6. The van der Waals surface area contributed by atoms with Gasteiger partial charge in [0.25, 0.3) is 5.91 Å². The molecule has 0 unspecified atom stereocenters. The van der Waals surface area contributed by atoms with E-state index in [1.165, 1.54) is 12.4 Å². The zero-order chi connectivity index (χ0) is 11.8. The highest BCUT2D eigenvalue weighted by Crippen LogP contribution is 2.02. The standard InChI is InChI=1S/C10H14ClN3OS/c1-16-5-3-2-4-13-10(15)8-6-12-7-9(11)14-8/h6-7H,2-5H2,1H3,(H,13,15). The molecule has 1 heterocycles. The van der Waals surface area contributed by atoms with Gasteiger partial charge >= 0.3 is 0 Å². The van der Waals surface area contributed by atoms with Crippen LogP contribution in [0.1, 0.15) is 23.3 Å². The van der Waals surface area contributed by atoms with Crippen molar-refractivity contribution in [3.05, 3.63) is 23.2 Å². The first-order valence-corrected chi connectivity index (χ1v) is 6.76. The van der Waals surface area contributed by atoms with Crippen LogP contribution in [0.2, 0.25) is 5.15 Å². The second-order valence-electron chi connectivity index (χ2n) is 3.18. The maximum Gasteiger partial charge on any atom is 0.271 e. The summed E-state index contributed by atoms with van der Waals surface area (Å²) >= 11 is 7.44. The highest BCUT2D eigenvalue weighted by Gasteiger charge is 2.06. The molecule has 16 heavy (non-hydrogen) atoms. The molecule has 0 fully saturated rings. The molecule has 88 valence electrons. The molecule has 0 atom stereocenters. The van der Waals surface area contributed by atoms with Crippen LogP contribution in [-0.2, 0) is 0 Å². The Bertz CT molecular complexity index is 349. The topological polar surface area (TPSA) is 54.9 Å². The number of rotatable bonds is 6. The third-order valence-electron chi connectivity index (χ3n) is 1.90. The van der Waals surface area contributed by atoms with Crippen LogP contribution < -0.4 is 5.32 Å². The van der Waals surface area contributed by atoms with Gasteiger partial charge in [0, 0.05) is 6.54 Å². The van der Waals surface area contributed by atoms with E-state index in [2.05, 4.69) is 21.5 Å². The minimum Gasteiger partial charge on any atom is -0.351 e. The van der Waals surface area contributed by atoms with Gasteiger partial charge in [0.1, 0.15) is 10.8 Å². The predicted molar refractivity (Wildman–Crippen MR) is 67.0 cm³/mol. The van der Waals surface area contributed by atoms with Crippen molar-refractivity contribution in [1.82, 2.24) is 15.3 Å². The van der Waals surface area contributed by atoms with Crippen LogP contribution in [0.3, 0.4) is 0 Å². The lowest BCUT2D eigenvalue weighted by atomic mass is 10.3. The lowest BCUT2D eigenvalue weighted by Crippen LogP contribution is -2.25. The summed E-state index contributed by atoms with van der Waals surface area (Å²) in [7, 11) is 0. The largest absolute Gasteiger partial charge is 0.351 e. The van der Waals surface area contributed by atoms with Crippen molar-refractivity contribution >= 4 is 29.3 Å². The van der Waals surface area contributed by atoms with Crippen LogP contribution in [0.25, 0.3) is 0 Å². The minimum absolute atomic E-state index is 0.223. The van der Waals surface area contributed by atoms with Crippen molar-refractivity contribution in [2.75, 3.05) is 18.6 Å². The number of aromatic nitrogens is 2. The van der Waals surface area contributed by atoms with Crippen LogP contribution in [0.4, 0.5) is 0 Å². The van der Waals surface area contributed by atoms with Crippen molar-refractivity contribution in [2.45, 2.75) is 12.8 Å². The average molecular weight is 260 g/mol. The van der Waals surface area contributed by atoms with Gasteiger partial charge in [-0.15, -0.1) is 0 Å². The Morgan fingerprint density at radius 1 is 1.50 bits per heavy atom. The number of hydrogen-bond acceptors (Lipinski definition) is 4. The van der Waals surface area contributed by atoms with Crippen LogP contribution in [-0.4, -0.2) is 34.4 Å². The SMILES string of the molecule is CSCCCCNC(=O)c1cncc(Cl)n1. The number of carbonyl (C=O) groups is 1. The Balaban J connectivity index is 2.30. The summed E-state index contributed by atoms with van der Waals surface area (Å²) in [6.45, 7) is 0.660. The number of halogens is 1. The van der Waals surface area contributed by atoms with Gasteiger partial charge < -0.3 is 5.32 Å². The molecule has 6 heteroatoms. The smallest absolute Gasteiger partial charge is 0.271 e. The fraction of sp³-hybridized carbons (Fsp3) is 0.500. The number of unbranched alkanes of at least 4 members (excludes halogenated alkanes) is 1. The fourth-order valence-corrected chi connectivity index (χ4v) is 1.76. The molecule has 1 amide bonds. The molecule has 4 nitrogen and oxygen atoms in total. The number of thioether (sulfide) groups is 1. The molecule has 0 saturated carbocycles. The highest BCUT2D eigenvalue weighted by molar-refractivity contribution is 7.98. The van der Waals surface area contributed by atoms with E-state index in [0.29, 0.717) is 6.54 Å². The van der Waals surface area contributed by atoms with E-state index in [-0.39, 0.29) is 16.8 Å². The van der Waals surface area contributed by atoms with Crippen LogP contribution in [0.15, 0.2) is 12.4 Å². The van der Waals surface area contributed by atoms with E-state index < -0.39 is 0 Å². The lowest BCUT2D eigenvalue weighted by Gasteiger charge is -2.03. The molecule has 0 saturated heterocycles. The molecule has 0 bridgehead atoms. The van der Waals surface area contributed by atoms with E-state index in [4.69, 9.17) is 11.6 Å². The van der Waals surface area contributed by atoms with Gasteiger partial charge in [-0.05, 0) is 24.9 Å². The summed E-state index contributed by atoms with van der Waals surface area (Å²) in [5, 5.41) is 3.01. The quantitative estimate of drug-likeness (QED) is 0.794. The molecular formula is C10H14ClN3OS. The zero-order valence-corrected chi connectivity index (χ0v) is 10.6. The second-order valence-corrected chi connectivity index (χ2v) is 4.56. The Morgan fingerprint density at radius 3 is 3.00 bits per heavy atom. The molecule has 1 rings (SSSR count). The third kappa shape index (κ3) is 4.81. The van der Waals surface area contributed by atoms with Gasteiger partial charge in [0.05, 0.1) is 12.4 Å². The predicted octanol–water partition coefficient (Wildman–Crippen LogP) is 2.00. The summed E-state index contributed by atoms with van der Waals surface area (Å²) in [6, 6.07) is 0. The zero-order valence-electron chi connectivity index (χ0n) is 9.07. The van der Waals surface area contributed by atoms with E-state index in [9.17, 15) is 4.79 Å². The van der Waals surface area contributed by atoms with Gasteiger partial charge in [0.15, 0.2) is 0 Å². The summed E-state index contributed by atoms with van der Waals surface area (Å²) < 4.78 is 0. The molecule has 1 N–H and O–H groups in total. The van der Waals surface area contributed by atoms with Gasteiger partial charge in [-0.2, -0.15) is 11.8 Å². The Kier molecular flexibility index (Phi) is 6.18. The van der Waals surface area contributed by atoms with Crippen molar-refractivity contribution < 1.29 is 4.79 Å². The summed E-state index contributed by atoms with van der Waals surface area (Å²) in [5.74, 6) is 0.895. The molecule has 1 aromatic rings. The lowest BCUT2D eigenvalue weighted by molar-refractivity contribution is 0.0948. The van der Waals surface area contributed by atoms with Crippen molar-refractivity contribution in [3.63, 3.8) is 0 Å².